The van der Waals surface area contributed by atoms with Crippen LogP contribution < -0.4 is 16.0 Å². The molecule has 1 aliphatic heterocycles. The first-order chi connectivity index (χ1) is 10.6. The van der Waals surface area contributed by atoms with E-state index in [-0.39, 0.29) is 24.7 Å². The van der Waals surface area contributed by atoms with Crippen molar-refractivity contribution >= 4 is 17.9 Å². The van der Waals surface area contributed by atoms with E-state index in [1.807, 2.05) is 0 Å². The molecule has 3 N–H and O–H groups in total. The molecule has 0 bridgehead atoms. The maximum Gasteiger partial charge on any atom is 0.408 e. The van der Waals surface area contributed by atoms with Crippen molar-refractivity contribution in [3.05, 3.63) is 12.3 Å². The Morgan fingerprint density at radius 3 is 2.78 bits per heavy atom. The van der Waals surface area contributed by atoms with Crippen LogP contribution in [0, 0.1) is 0 Å². The number of piperidine rings is 1. The topological polar surface area (TPSA) is 93.4 Å². The number of carbonyl (C=O) groups excluding carboxylic acids is 1. The number of alkyl carbamates (subject to hydrolysis) is 1. The zero-order valence-corrected chi connectivity index (χ0v) is 13.3. The summed E-state index contributed by atoms with van der Waals surface area (Å²) in [7, 11) is 0. The van der Waals surface area contributed by atoms with Gasteiger partial charge in [0.25, 0.3) is 5.92 Å². The van der Waals surface area contributed by atoms with Gasteiger partial charge in [0, 0.05) is 12.7 Å². The summed E-state index contributed by atoms with van der Waals surface area (Å²) in [6.45, 7) is 4.69. The fourth-order valence-corrected chi connectivity index (χ4v) is 2.25. The van der Waals surface area contributed by atoms with Crippen LogP contribution in [0.25, 0.3) is 0 Å². The van der Waals surface area contributed by atoms with Crippen molar-refractivity contribution in [2.75, 3.05) is 23.7 Å². The van der Waals surface area contributed by atoms with Crippen molar-refractivity contribution in [2.45, 2.75) is 44.8 Å². The van der Waals surface area contributed by atoms with Gasteiger partial charge in [-0.2, -0.15) is 4.98 Å². The van der Waals surface area contributed by atoms with E-state index >= 15 is 0 Å². The molecule has 1 aliphatic rings. The highest BCUT2D eigenvalue weighted by Crippen LogP contribution is 2.29. The highest BCUT2D eigenvalue weighted by molar-refractivity contribution is 5.68. The Morgan fingerprint density at radius 1 is 1.52 bits per heavy atom. The van der Waals surface area contributed by atoms with Crippen LogP contribution in [-0.4, -0.2) is 46.7 Å². The van der Waals surface area contributed by atoms with Crippen molar-refractivity contribution in [3.63, 3.8) is 0 Å². The highest BCUT2D eigenvalue weighted by Gasteiger charge is 2.46. The van der Waals surface area contributed by atoms with Crippen molar-refractivity contribution in [1.29, 1.82) is 0 Å². The lowest BCUT2D eigenvalue weighted by molar-refractivity contribution is -0.0461. The van der Waals surface area contributed by atoms with E-state index in [1.54, 1.807) is 20.8 Å². The number of alkyl halides is 2. The first kappa shape index (κ1) is 17.2. The summed E-state index contributed by atoms with van der Waals surface area (Å²) >= 11 is 0. The zero-order chi connectivity index (χ0) is 17.3. The molecule has 0 saturated carbocycles. The average Bonchev–Trinajstić information content (AvgIpc) is 2.38. The largest absolute Gasteiger partial charge is 0.444 e. The number of halogens is 2. The summed E-state index contributed by atoms with van der Waals surface area (Å²) in [5.74, 6) is -2.77. The molecule has 23 heavy (non-hydrogen) atoms. The van der Waals surface area contributed by atoms with Gasteiger partial charge in [0.1, 0.15) is 11.4 Å². The second kappa shape index (κ2) is 6.13. The third-order valence-electron chi connectivity index (χ3n) is 3.24. The standard InChI is InChI=1S/C14H21F2N5O2/c1-13(2,3)23-12(22)19-9-5-7-21(8-14(9,15)16)11-18-6-4-10(17)20-11/h4,6,9H,5,7-8H2,1-3H3,(H,19,22)(H2,17,18,20)/t9-/m1/s1. The predicted octanol–water partition coefficient (Wildman–Crippen LogP) is 1.80. The Hall–Kier alpha value is -2.19. The molecule has 0 unspecified atom stereocenters. The Bertz CT molecular complexity index is 577. The Balaban J connectivity index is 2.01. The third-order valence-corrected chi connectivity index (χ3v) is 3.24. The van der Waals surface area contributed by atoms with Crippen molar-refractivity contribution in [2.24, 2.45) is 0 Å². The number of anilines is 2. The number of rotatable bonds is 2. The maximum atomic E-state index is 14.3. The summed E-state index contributed by atoms with van der Waals surface area (Å²) in [4.78, 5) is 20.9. The molecule has 1 saturated heterocycles. The molecule has 1 fully saturated rings. The van der Waals surface area contributed by atoms with Crippen LogP contribution in [0.1, 0.15) is 27.2 Å². The summed E-state index contributed by atoms with van der Waals surface area (Å²) in [6.07, 6.45) is 0.612. The number of hydrogen-bond donors (Lipinski definition) is 2. The number of carbonyl (C=O) groups is 1. The molecular formula is C14H21F2N5O2. The van der Waals surface area contributed by atoms with Gasteiger partial charge < -0.3 is 20.7 Å². The SMILES string of the molecule is CC(C)(C)OC(=O)N[C@@H]1CCN(c2nccc(N)n2)CC1(F)F. The molecule has 0 spiro atoms. The maximum absolute atomic E-state index is 14.3. The lowest BCUT2D eigenvalue weighted by Gasteiger charge is -2.38. The molecule has 2 heterocycles. The first-order valence-corrected chi connectivity index (χ1v) is 7.28. The van der Waals surface area contributed by atoms with E-state index in [0.29, 0.717) is 0 Å². The number of nitrogen functional groups attached to an aromatic ring is 1. The number of nitrogens with zero attached hydrogens (tertiary/aromatic N) is 3. The van der Waals surface area contributed by atoms with Gasteiger partial charge in [0.2, 0.25) is 5.95 Å². The van der Waals surface area contributed by atoms with Crippen molar-refractivity contribution in [1.82, 2.24) is 15.3 Å². The van der Waals surface area contributed by atoms with Gasteiger partial charge in [-0.3, -0.25) is 0 Å². The molecule has 0 aliphatic carbocycles. The van der Waals surface area contributed by atoms with E-state index in [0.717, 1.165) is 0 Å². The van der Waals surface area contributed by atoms with Crippen LogP contribution in [0.5, 0.6) is 0 Å². The lowest BCUT2D eigenvalue weighted by atomic mass is 10.0. The molecule has 2 rings (SSSR count). The third kappa shape index (κ3) is 4.64. The fourth-order valence-electron chi connectivity index (χ4n) is 2.25. The van der Waals surface area contributed by atoms with Gasteiger partial charge in [-0.25, -0.2) is 18.6 Å². The number of hydrogen-bond acceptors (Lipinski definition) is 6. The average molecular weight is 329 g/mol. The Labute approximate surface area is 133 Å². The molecule has 128 valence electrons. The fraction of sp³-hybridized carbons (Fsp3) is 0.643. The number of aromatic nitrogens is 2. The normalized spacial score (nSPS) is 20.9. The summed E-state index contributed by atoms with van der Waals surface area (Å²) in [6, 6.07) is 0.188. The van der Waals surface area contributed by atoms with Crippen LogP contribution in [-0.2, 0) is 4.74 Å². The minimum atomic E-state index is -3.14. The smallest absolute Gasteiger partial charge is 0.408 e. The zero-order valence-electron chi connectivity index (χ0n) is 13.3. The van der Waals surface area contributed by atoms with Gasteiger partial charge in [-0.1, -0.05) is 0 Å². The molecule has 1 aromatic rings. The molecule has 0 radical (unpaired) electrons. The van der Waals surface area contributed by atoms with Gasteiger partial charge in [-0.15, -0.1) is 0 Å². The minimum Gasteiger partial charge on any atom is -0.444 e. The number of ether oxygens (including phenoxy) is 1. The van der Waals surface area contributed by atoms with Gasteiger partial charge in [-0.05, 0) is 33.3 Å². The summed E-state index contributed by atoms with van der Waals surface area (Å²) < 4.78 is 33.6. The van der Waals surface area contributed by atoms with Gasteiger partial charge in [0.15, 0.2) is 0 Å². The Morgan fingerprint density at radius 2 is 2.22 bits per heavy atom. The van der Waals surface area contributed by atoms with Crippen LogP contribution >= 0.6 is 0 Å². The van der Waals surface area contributed by atoms with Crippen LogP contribution in [0.2, 0.25) is 0 Å². The second-order valence-corrected chi connectivity index (χ2v) is 6.45. The number of nitrogens with two attached hydrogens (primary N) is 1. The van der Waals surface area contributed by atoms with E-state index < -0.39 is 30.2 Å². The number of amides is 1. The van der Waals surface area contributed by atoms with Crippen LogP contribution in [0.15, 0.2) is 12.3 Å². The molecule has 1 amide bonds. The lowest BCUT2D eigenvalue weighted by Crippen LogP contribution is -2.59. The van der Waals surface area contributed by atoms with Crippen LogP contribution in [0.4, 0.5) is 25.3 Å². The van der Waals surface area contributed by atoms with E-state index in [2.05, 4.69) is 15.3 Å². The van der Waals surface area contributed by atoms with E-state index in [9.17, 15) is 13.6 Å². The van der Waals surface area contributed by atoms with Crippen LogP contribution in [0.3, 0.4) is 0 Å². The van der Waals surface area contributed by atoms with Crippen molar-refractivity contribution < 1.29 is 18.3 Å². The molecule has 9 heteroatoms. The Kier molecular flexibility index (Phi) is 4.58. The predicted molar refractivity (Wildman–Crippen MR) is 81.4 cm³/mol. The summed E-state index contributed by atoms with van der Waals surface area (Å²) in [5.41, 5.74) is 4.81. The van der Waals surface area contributed by atoms with Crippen molar-refractivity contribution in [3.8, 4) is 0 Å². The molecular weight excluding hydrogens is 308 g/mol. The summed E-state index contributed by atoms with van der Waals surface area (Å²) in [5, 5.41) is 2.25. The second-order valence-electron chi connectivity index (χ2n) is 6.45. The van der Waals surface area contributed by atoms with E-state index in [1.165, 1.54) is 17.2 Å². The molecule has 1 aromatic heterocycles. The highest BCUT2D eigenvalue weighted by atomic mass is 19.3. The quantitative estimate of drug-likeness (QED) is 0.859. The molecule has 7 nitrogen and oxygen atoms in total. The number of nitrogens with one attached hydrogen (secondary N) is 1. The first-order valence-electron chi connectivity index (χ1n) is 7.28. The molecule has 0 aromatic carbocycles. The monoisotopic (exact) mass is 329 g/mol. The van der Waals surface area contributed by atoms with E-state index in [4.69, 9.17) is 10.5 Å². The van der Waals surface area contributed by atoms with Gasteiger partial charge in [0.05, 0.1) is 12.6 Å². The van der Waals surface area contributed by atoms with Gasteiger partial charge >= 0.3 is 6.09 Å². The minimum absolute atomic E-state index is 0.0460. The molecule has 1 atom stereocenters.